The zero-order chi connectivity index (χ0) is 8.44. The number of allylic oxidation sites excluding steroid dienone is 2. The van der Waals surface area contributed by atoms with Crippen LogP contribution < -0.4 is 0 Å². The average molecular weight is 229 g/mol. The van der Waals surface area contributed by atoms with Crippen LogP contribution in [0.2, 0.25) is 0 Å². The smallest absolute Gasteiger partial charge is 0.00936 e. The summed E-state index contributed by atoms with van der Waals surface area (Å²) in [4.78, 5) is 0. The zero-order valence-corrected chi connectivity index (χ0v) is 9.15. The van der Waals surface area contributed by atoms with Gasteiger partial charge in [-0.1, -0.05) is 34.5 Å². The molecule has 2 aliphatic carbocycles. The number of hydrogen-bond acceptors (Lipinski definition) is 0. The molecule has 0 aliphatic heterocycles. The van der Waals surface area contributed by atoms with Gasteiger partial charge in [0.05, 0.1) is 0 Å². The summed E-state index contributed by atoms with van der Waals surface area (Å²) in [5, 5.41) is 1.22. The van der Waals surface area contributed by atoms with E-state index in [4.69, 9.17) is 0 Å². The molecule has 2 aliphatic rings. The van der Waals surface area contributed by atoms with Gasteiger partial charge in [-0.15, -0.1) is 0 Å². The van der Waals surface area contributed by atoms with Gasteiger partial charge >= 0.3 is 0 Å². The SMILES string of the molecule is BrCC1(C2CCC2)CC=CCC1. The van der Waals surface area contributed by atoms with Crippen LogP contribution in [0.25, 0.3) is 0 Å². The molecule has 0 spiro atoms. The maximum atomic E-state index is 3.71. The van der Waals surface area contributed by atoms with Crippen LogP contribution in [0.4, 0.5) is 0 Å². The highest BCUT2D eigenvalue weighted by Gasteiger charge is 2.40. The van der Waals surface area contributed by atoms with Crippen LogP contribution in [-0.4, -0.2) is 5.33 Å². The molecule has 1 atom stereocenters. The lowest BCUT2D eigenvalue weighted by Gasteiger charge is -2.45. The molecule has 0 aromatic carbocycles. The van der Waals surface area contributed by atoms with Crippen molar-refractivity contribution in [2.24, 2.45) is 11.3 Å². The van der Waals surface area contributed by atoms with Crippen molar-refractivity contribution in [2.45, 2.75) is 38.5 Å². The summed E-state index contributed by atoms with van der Waals surface area (Å²) >= 11 is 3.71. The van der Waals surface area contributed by atoms with Crippen LogP contribution in [0.1, 0.15) is 38.5 Å². The van der Waals surface area contributed by atoms with Crippen LogP contribution in [0.15, 0.2) is 12.2 Å². The minimum absolute atomic E-state index is 0.646. The maximum absolute atomic E-state index is 3.71. The normalized spacial score (nSPS) is 36.4. The molecule has 12 heavy (non-hydrogen) atoms. The molecule has 0 saturated heterocycles. The average Bonchev–Trinajstić information content (AvgIpc) is 2.03. The Balaban J connectivity index is 2.06. The lowest BCUT2D eigenvalue weighted by molar-refractivity contribution is 0.0970. The van der Waals surface area contributed by atoms with Crippen molar-refractivity contribution in [3.8, 4) is 0 Å². The Labute approximate surface area is 83.6 Å². The fourth-order valence-electron chi connectivity index (χ4n) is 2.53. The van der Waals surface area contributed by atoms with Crippen molar-refractivity contribution in [1.82, 2.24) is 0 Å². The van der Waals surface area contributed by atoms with Crippen LogP contribution in [0.5, 0.6) is 0 Å². The monoisotopic (exact) mass is 228 g/mol. The van der Waals surface area contributed by atoms with Crippen LogP contribution >= 0.6 is 15.9 Å². The summed E-state index contributed by atoms with van der Waals surface area (Å²) in [6, 6.07) is 0. The summed E-state index contributed by atoms with van der Waals surface area (Å²) in [6.07, 6.45) is 13.2. The number of halogens is 1. The molecule has 0 heterocycles. The third-order valence-corrected chi connectivity index (χ3v) is 4.85. The summed E-state index contributed by atoms with van der Waals surface area (Å²) in [5.41, 5.74) is 0.646. The van der Waals surface area contributed by atoms with E-state index in [0.717, 1.165) is 5.92 Å². The Morgan fingerprint density at radius 2 is 2.17 bits per heavy atom. The molecule has 1 heteroatoms. The first kappa shape index (κ1) is 8.80. The third kappa shape index (κ3) is 1.37. The molecular weight excluding hydrogens is 212 g/mol. The van der Waals surface area contributed by atoms with Crippen molar-refractivity contribution in [3.05, 3.63) is 12.2 Å². The van der Waals surface area contributed by atoms with Crippen LogP contribution in [0, 0.1) is 11.3 Å². The van der Waals surface area contributed by atoms with E-state index in [1.54, 1.807) is 0 Å². The second-order valence-electron chi connectivity index (χ2n) is 4.34. The minimum Gasteiger partial charge on any atom is -0.0922 e. The fourth-order valence-corrected chi connectivity index (χ4v) is 3.50. The van der Waals surface area contributed by atoms with Crippen molar-refractivity contribution < 1.29 is 0 Å². The molecule has 0 aromatic rings. The zero-order valence-electron chi connectivity index (χ0n) is 7.56. The summed E-state index contributed by atoms with van der Waals surface area (Å²) in [6.45, 7) is 0. The van der Waals surface area contributed by atoms with Crippen molar-refractivity contribution in [1.29, 1.82) is 0 Å². The van der Waals surface area contributed by atoms with Crippen molar-refractivity contribution in [2.75, 3.05) is 5.33 Å². The second kappa shape index (κ2) is 3.53. The van der Waals surface area contributed by atoms with E-state index >= 15 is 0 Å². The van der Waals surface area contributed by atoms with Gasteiger partial charge in [0.1, 0.15) is 0 Å². The number of alkyl halides is 1. The number of hydrogen-bond donors (Lipinski definition) is 0. The first-order chi connectivity index (χ1) is 5.87. The van der Waals surface area contributed by atoms with Gasteiger partial charge in [0.2, 0.25) is 0 Å². The van der Waals surface area contributed by atoms with Gasteiger partial charge in [0, 0.05) is 5.33 Å². The van der Waals surface area contributed by atoms with Gasteiger partial charge in [-0.25, -0.2) is 0 Å². The Morgan fingerprint density at radius 1 is 1.33 bits per heavy atom. The molecule has 68 valence electrons. The fraction of sp³-hybridized carbons (Fsp3) is 0.818. The lowest BCUT2D eigenvalue weighted by atomic mass is 9.61. The standard InChI is InChI=1S/C11H17Br/c12-9-11(10-5-4-6-10)7-2-1-3-8-11/h1-2,10H,3-9H2. The highest BCUT2D eigenvalue weighted by Crippen LogP contribution is 2.50. The third-order valence-electron chi connectivity index (χ3n) is 3.74. The second-order valence-corrected chi connectivity index (χ2v) is 4.90. The van der Waals surface area contributed by atoms with Gasteiger partial charge in [0.25, 0.3) is 0 Å². The molecule has 0 bridgehead atoms. The summed E-state index contributed by atoms with van der Waals surface area (Å²) < 4.78 is 0. The van der Waals surface area contributed by atoms with Gasteiger partial charge in [0.15, 0.2) is 0 Å². The highest BCUT2D eigenvalue weighted by atomic mass is 79.9. The van der Waals surface area contributed by atoms with E-state index in [2.05, 4.69) is 28.1 Å². The first-order valence-electron chi connectivity index (χ1n) is 5.08. The number of rotatable bonds is 2. The van der Waals surface area contributed by atoms with E-state index in [1.165, 1.54) is 43.9 Å². The molecule has 0 amide bonds. The van der Waals surface area contributed by atoms with E-state index < -0.39 is 0 Å². The molecule has 1 saturated carbocycles. The Hall–Kier alpha value is 0.220. The molecule has 0 nitrogen and oxygen atoms in total. The molecule has 0 N–H and O–H groups in total. The Bertz CT molecular complexity index is 181. The molecule has 0 radical (unpaired) electrons. The molecule has 0 aromatic heterocycles. The summed E-state index contributed by atoms with van der Waals surface area (Å²) in [7, 11) is 0. The molecule has 2 rings (SSSR count). The summed E-state index contributed by atoms with van der Waals surface area (Å²) in [5.74, 6) is 1.03. The Morgan fingerprint density at radius 3 is 2.58 bits per heavy atom. The van der Waals surface area contributed by atoms with Crippen LogP contribution in [0.3, 0.4) is 0 Å². The predicted molar refractivity (Wildman–Crippen MR) is 56.6 cm³/mol. The van der Waals surface area contributed by atoms with Gasteiger partial charge in [-0.3, -0.25) is 0 Å². The highest BCUT2D eigenvalue weighted by molar-refractivity contribution is 9.09. The quantitative estimate of drug-likeness (QED) is 0.497. The van der Waals surface area contributed by atoms with Gasteiger partial charge in [-0.2, -0.15) is 0 Å². The first-order valence-corrected chi connectivity index (χ1v) is 6.20. The van der Waals surface area contributed by atoms with Gasteiger partial charge < -0.3 is 0 Å². The van der Waals surface area contributed by atoms with Crippen LogP contribution in [-0.2, 0) is 0 Å². The maximum Gasteiger partial charge on any atom is 0.00936 e. The van der Waals surface area contributed by atoms with E-state index in [1.807, 2.05) is 0 Å². The van der Waals surface area contributed by atoms with Gasteiger partial charge in [-0.05, 0) is 43.4 Å². The topological polar surface area (TPSA) is 0 Å². The lowest BCUT2D eigenvalue weighted by Crippen LogP contribution is -2.37. The minimum atomic E-state index is 0.646. The Kier molecular flexibility index (Phi) is 2.59. The largest absolute Gasteiger partial charge is 0.0922 e. The molecule has 1 fully saturated rings. The molecule has 1 unspecified atom stereocenters. The van der Waals surface area contributed by atoms with Crippen molar-refractivity contribution in [3.63, 3.8) is 0 Å². The van der Waals surface area contributed by atoms with Crippen molar-refractivity contribution >= 4 is 15.9 Å². The van der Waals surface area contributed by atoms with E-state index in [0.29, 0.717) is 5.41 Å². The van der Waals surface area contributed by atoms with E-state index in [-0.39, 0.29) is 0 Å². The molecular formula is C11H17Br. The van der Waals surface area contributed by atoms with E-state index in [9.17, 15) is 0 Å². The predicted octanol–water partition coefficient (Wildman–Crippen LogP) is 3.91.